The highest BCUT2D eigenvalue weighted by Crippen LogP contribution is 2.24. The van der Waals surface area contributed by atoms with Crippen LogP contribution in [-0.2, 0) is 10.0 Å². The zero-order valence-electron chi connectivity index (χ0n) is 8.89. The smallest absolute Gasteiger partial charge is 0.265 e. The number of imidazole rings is 1. The molecule has 0 fully saturated rings. The van der Waals surface area contributed by atoms with Gasteiger partial charge in [0.05, 0.1) is 11.9 Å². The maximum Gasteiger partial charge on any atom is 0.267 e. The lowest BCUT2D eigenvalue weighted by Crippen LogP contribution is -2.12. The van der Waals surface area contributed by atoms with Crippen LogP contribution in [-0.4, -0.2) is 28.0 Å². The minimum Gasteiger partial charge on any atom is -0.265 e. The van der Waals surface area contributed by atoms with Gasteiger partial charge in [-0.2, -0.15) is 0 Å². The lowest BCUT2D eigenvalue weighted by Gasteiger charge is -1.96. The molecule has 3 rings (SSSR count). The number of aromatic nitrogens is 4. The van der Waals surface area contributed by atoms with Gasteiger partial charge in [0, 0.05) is 18.0 Å². The Morgan fingerprint density at radius 2 is 2.00 bits per heavy atom. The van der Waals surface area contributed by atoms with Crippen molar-refractivity contribution in [2.75, 3.05) is 0 Å². The summed E-state index contributed by atoms with van der Waals surface area (Å²) in [5.74, 6) is 0. The van der Waals surface area contributed by atoms with Gasteiger partial charge in [0.1, 0.15) is 0 Å². The van der Waals surface area contributed by atoms with E-state index in [4.69, 9.17) is 5.14 Å². The van der Waals surface area contributed by atoms with Crippen molar-refractivity contribution in [3.8, 4) is 11.3 Å². The lowest BCUT2D eigenvalue weighted by molar-refractivity contribution is 0.595. The second-order valence-electron chi connectivity index (χ2n) is 3.49. The van der Waals surface area contributed by atoms with Crippen LogP contribution in [0.3, 0.4) is 0 Å². The zero-order valence-corrected chi connectivity index (χ0v) is 10.5. The molecule has 0 radical (unpaired) electrons. The van der Waals surface area contributed by atoms with Crippen molar-refractivity contribution in [3.63, 3.8) is 0 Å². The van der Waals surface area contributed by atoms with Crippen LogP contribution in [0.25, 0.3) is 16.2 Å². The van der Waals surface area contributed by atoms with Crippen LogP contribution in [0.5, 0.6) is 0 Å². The zero-order chi connectivity index (χ0) is 12.8. The van der Waals surface area contributed by atoms with Crippen LogP contribution in [0.15, 0.2) is 35.1 Å². The highest BCUT2D eigenvalue weighted by molar-refractivity contribution is 7.91. The van der Waals surface area contributed by atoms with Gasteiger partial charge in [-0.1, -0.05) is 11.3 Å². The first kappa shape index (κ1) is 11.3. The average molecular weight is 281 g/mol. The molecule has 3 aromatic heterocycles. The normalized spacial score (nSPS) is 12.1. The molecule has 0 spiro atoms. The Balaban J connectivity index is 2.24. The molecule has 9 heteroatoms. The molecule has 3 aromatic rings. The summed E-state index contributed by atoms with van der Waals surface area (Å²) >= 11 is 0.932. The Hall–Kier alpha value is -1.84. The van der Waals surface area contributed by atoms with E-state index in [-0.39, 0.29) is 4.34 Å². The summed E-state index contributed by atoms with van der Waals surface area (Å²) in [5, 5.41) is 9.00. The van der Waals surface area contributed by atoms with E-state index in [2.05, 4.69) is 15.1 Å². The second-order valence-corrected chi connectivity index (χ2v) is 6.18. The van der Waals surface area contributed by atoms with E-state index in [0.29, 0.717) is 10.7 Å². The highest BCUT2D eigenvalue weighted by Gasteiger charge is 2.18. The molecule has 7 nitrogen and oxygen atoms in total. The molecule has 0 atom stereocenters. The Kier molecular flexibility index (Phi) is 2.40. The molecule has 3 heterocycles. The van der Waals surface area contributed by atoms with Gasteiger partial charge in [0.25, 0.3) is 10.0 Å². The minimum atomic E-state index is -3.80. The van der Waals surface area contributed by atoms with Crippen LogP contribution < -0.4 is 5.14 Å². The molecule has 0 aliphatic heterocycles. The number of hydrogen-bond donors (Lipinski definition) is 1. The van der Waals surface area contributed by atoms with Crippen molar-refractivity contribution in [1.29, 1.82) is 0 Å². The average Bonchev–Trinajstić information content (AvgIpc) is 2.88. The van der Waals surface area contributed by atoms with E-state index >= 15 is 0 Å². The second kappa shape index (κ2) is 3.83. The lowest BCUT2D eigenvalue weighted by atomic mass is 10.2. The molecule has 0 aliphatic carbocycles. The first-order valence-corrected chi connectivity index (χ1v) is 7.20. The third-order valence-electron chi connectivity index (χ3n) is 2.29. The number of hydrogen-bond acceptors (Lipinski definition) is 6. The van der Waals surface area contributed by atoms with Crippen LogP contribution in [0.2, 0.25) is 0 Å². The molecular weight excluding hydrogens is 274 g/mol. The van der Waals surface area contributed by atoms with Gasteiger partial charge in [-0.25, -0.2) is 23.1 Å². The Labute approximate surface area is 106 Å². The van der Waals surface area contributed by atoms with Gasteiger partial charge >= 0.3 is 0 Å². The van der Waals surface area contributed by atoms with Gasteiger partial charge in [0.2, 0.25) is 9.30 Å². The quantitative estimate of drug-likeness (QED) is 0.736. The summed E-state index contributed by atoms with van der Waals surface area (Å²) < 4.78 is 23.8. The van der Waals surface area contributed by atoms with Crippen LogP contribution in [0.1, 0.15) is 0 Å². The van der Waals surface area contributed by atoms with Crippen LogP contribution >= 0.6 is 11.3 Å². The Morgan fingerprint density at radius 3 is 2.67 bits per heavy atom. The number of sulfonamides is 1. The van der Waals surface area contributed by atoms with E-state index in [0.717, 1.165) is 16.9 Å². The van der Waals surface area contributed by atoms with E-state index in [1.54, 1.807) is 30.7 Å². The summed E-state index contributed by atoms with van der Waals surface area (Å²) in [5.41, 5.74) is 1.54. The molecule has 0 unspecified atom stereocenters. The van der Waals surface area contributed by atoms with Crippen LogP contribution in [0.4, 0.5) is 0 Å². The van der Waals surface area contributed by atoms with E-state index < -0.39 is 10.0 Å². The van der Waals surface area contributed by atoms with Gasteiger partial charge in [-0.05, 0) is 12.1 Å². The predicted octanol–water partition coefficient (Wildman–Crippen LogP) is 0.500. The molecule has 92 valence electrons. The molecule has 0 amide bonds. The summed E-state index contributed by atoms with van der Waals surface area (Å²) in [7, 11) is -3.80. The van der Waals surface area contributed by atoms with E-state index in [9.17, 15) is 8.42 Å². The number of pyridine rings is 1. The number of nitrogens with zero attached hydrogens (tertiary/aromatic N) is 4. The summed E-state index contributed by atoms with van der Waals surface area (Å²) in [6.45, 7) is 0. The minimum absolute atomic E-state index is 0.152. The molecule has 0 aromatic carbocycles. The number of primary sulfonamides is 1. The standard InChI is InChI=1S/C9H7N5O2S2/c10-18(15,16)9-13-14-7(5-12-8(14)17-9)6-1-3-11-4-2-6/h1-5H,(H2,10,15,16). The Bertz CT molecular complexity index is 806. The highest BCUT2D eigenvalue weighted by atomic mass is 32.2. The monoisotopic (exact) mass is 281 g/mol. The molecular formula is C9H7N5O2S2. The van der Waals surface area contributed by atoms with Gasteiger partial charge in [-0.15, -0.1) is 5.10 Å². The van der Waals surface area contributed by atoms with Gasteiger partial charge in [0.15, 0.2) is 0 Å². The maximum absolute atomic E-state index is 11.2. The number of nitrogens with two attached hydrogens (primary N) is 1. The fourth-order valence-electron chi connectivity index (χ4n) is 1.51. The first-order valence-electron chi connectivity index (χ1n) is 4.83. The maximum atomic E-state index is 11.2. The summed E-state index contributed by atoms with van der Waals surface area (Å²) in [4.78, 5) is 8.50. The first-order chi connectivity index (χ1) is 8.55. The number of fused-ring (bicyclic) bond motifs is 1. The molecule has 2 N–H and O–H groups in total. The fourth-order valence-corrected chi connectivity index (χ4v) is 3.00. The van der Waals surface area contributed by atoms with Crippen molar-refractivity contribution in [2.24, 2.45) is 5.14 Å². The molecule has 0 aliphatic rings. The van der Waals surface area contributed by atoms with Gasteiger partial charge < -0.3 is 0 Å². The van der Waals surface area contributed by atoms with Gasteiger partial charge in [-0.3, -0.25) is 4.98 Å². The van der Waals surface area contributed by atoms with Crippen LogP contribution in [0, 0.1) is 0 Å². The summed E-state index contributed by atoms with van der Waals surface area (Å²) in [6.07, 6.45) is 4.91. The number of rotatable bonds is 2. The largest absolute Gasteiger partial charge is 0.267 e. The third kappa shape index (κ3) is 1.78. The fraction of sp³-hybridized carbons (Fsp3) is 0. The van der Waals surface area contributed by atoms with Crippen molar-refractivity contribution in [3.05, 3.63) is 30.7 Å². The SMILES string of the molecule is NS(=O)(=O)c1nn2c(-c3ccncc3)cnc2s1. The predicted molar refractivity (Wildman–Crippen MR) is 65.5 cm³/mol. The van der Waals surface area contributed by atoms with Crippen molar-refractivity contribution < 1.29 is 8.42 Å². The Morgan fingerprint density at radius 1 is 1.28 bits per heavy atom. The van der Waals surface area contributed by atoms with Crippen molar-refractivity contribution >= 4 is 26.3 Å². The molecule has 18 heavy (non-hydrogen) atoms. The van der Waals surface area contributed by atoms with E-state index in [1.807, 2.05) is 0 Å². The van der Waals surface area contributed by atoms with Crippen molar-refractivity contribution in [1.82, 2.24) is 19.6 Å². The topological polar surface area (TPSA) is 103 Å². The van der Waals surface area contributed by atoms with E-state index in [1.165, 1.54) is 4.52 Å². The molecule has 0 saturated carbocycles. The third-order valence-corrected chi connectivity index (χ3v) is 4.52. The molecule has 0 saturated heterocycles. The van der Waals surface area contributed by atoms with Crippen molar-refractivity contribution in [2.45, 2.75) is 4.34 Å². The molecule has 0 bridgehead atoms. The summed E-state index contributed by atoms with van der Waals surface area (Å²) in [6, 6.07) is 3.58.